The molecule has 1 unspecified atom stereocenters. The predicted molar refractivity (Wildman–Crippen MR) is 117 cm³/mol. The van der Waals surface area contributed by atoms with Crippen molar-refractivity contribution in [2.24, 2.45) is 5.92 Å². The molecule has 4 rings (SSSR count). The number of pyridine rings is 1. The van der Waals surface area contributed by atoms with E-state index in [2.05, 4.69) is 15.6 Å². The van der Waals surface area contributed by atoms with E-state index >= 15 is 0 Å². The van der Waals surface area contributed by atoms with Crippen LogP contribution in [-0.4, -0.2) is 29.3 Å². The number of anilines is 2. The number of benzene rings is 2. The predicted octanol–water partition coefficient (Wildman–Crippen LogP) is 3.00. The van der Waals surface area contributed by atoms with Crippen LogP contribution in [0.5, 0.6) is 0 Å². The first-order chi connectivity index (χ1) is 15.1. The number of carbonyl (C=O) groups excluding carboxylic acids is 3. The van der Waals surface area contributed by atoms with Gasteiger partial charge in [-0.3, -0.25) is 19.4 Å². The molecule has 2 aromatic carbocycles. The van der Waals surface area contributed by atoms with Gasteiger partial charge in [0, 0.05) is 36.1 Å². The molecule has 1 fully saturated rings. The highest BCUT2D eigenvalue weighted by Gasteiger charge is 2.35. The number of hydrogen-bond donors (Lipinski definition) is 2. The highest BCUT2D eigenvalue weighted by Crippen LogP contribution is 2.25. The Morgan fingerprint density at radius 1 is 0.968 bits per heavy atom. The Bertz CT molecular complexity index is 1070. The SMILES string of the molecule is O=C(NCc1ccccn1)c1ccc(NC(=O)C2CC(=O)N(c3ccccc3)C2)cc1. The van der Waals surface area contributed by atoms with Gasteiger partial charge < -0.3 is 15.5 Å². The molecule has 0 aliphatic carbocycles. The summed E-state index contributed by atoms with van der Waals surface area (Å²) in [5, 5.41) is 5.65. The zero-order chi connectivity index (χ0) is 21.6. The Hall–Kier alpha value is -4.00. The fourth-order valence-corrected chi connectivity index (χ4v) is 3.47. The lowest BCUT2D eigenvalue weighted by atomic mass is 10.1. The van der Waals surface area contributed by atoms with Crippen molar-refractivity contribution in [3.8, 4) is 0 Å². The first-order valence-corrected chi connectivity index (χ1v) is 10.0. The summed E-state index contributed by atoms with van der Waals surface area (Å²) in [7, 11) is 0. The van der Waals surface area contributed by atoms with Crippen molar-refractivity contribution in [2.75, 3.05) is 16.8 Å². The van der Waals surface area contributed by atoms with Crippen LogP contribution >= 0.6 is 0 Å². The van der Waals surface area contributed by atoms with Gasteiger partial charge in [-0.05, 0) is 48.5 Å². The van der Waals surface area contributed by atoms with Crippen molar-refractivity contribution in [1.82, 2.24) is 10.3 Å². The number of hydrogen-bond acceptors (Lipinski definition) is 4. The molecule has 7 heteroatoms. The van der Waals surface area contributed by atoms with Crippen molar-refractivity contribution < 1.29 is 14.4 Å². The van der Waals surface area contributed by atoms with Crippen molar-refractivity contribution >= 4 is 29.1 Å². The van der Waals surface area contributed by atoms with Crippen LogP contribution in [0.1, 0.15) is 22.5 Å². The number of rotatable bonds is 6. The van der Waals surface area contributed by atoms with Crippen LogP contribution in [0, 0.1) is 5.92 Å². The monoisotopic (exact) mass is 414 g/mol. The van der Waals surface area contributed by atoms with E-state index in [1.54, 1.807) is 35.4 Å². The molecular formula is C24H22N4O3. The minimum atomic E-state index is -0.422. The average Bonchev–Trinajstić information content (AvgIpc) is 3.21. The van der Waals surface area contributed by atoms with Gasteiger partial charge in [-0.1, -0.05) is 24.3 Å². The molecule has 1 atom stereocenters. The van der Waals surface area contributed by atoms with Crippen LogP contribution in [0.3, 0.4) is 0 Å². The lowest BCUT2D eigenvalue weighted by Gasteiger charge is -2.16. The van der Waals surface area contributed by atoms with Gasteiger partial charge in [-0.25, -0.2) is 0 Å². The third-order valence-corrected chi connectivity index (χ3v) is 5.13. The Morgan fingerprint density at radius 2 is 1.71 bits per heavy atom. The zero-order valence-corrected chi connectivity index (χ0v) is 16.8. The maximum absolute atomic E-state index is 12.6. The van der Waals surface area contributed by atoms with E-state index in [0.717, 1.165) is 11.4 Å². The zero-order valence-electron chi connectivity index (χ0n) is 16.8. The summed E-state index contributed by atoms with van der Waals surface area (Å²) in [5.41, 5.74) is 2.64. The van der Waals surface area contributed by atoms with Gasteiger partial charge in [0.2, 0.25) is 11.8 Å². The van der Waals surface area contributed by atoms with Crippen LogP contribution in [0.2, 0.25) is 0 Å². The summed E-state index contributed by atoms with van der Waals surface area (Å²) in [5.74, 6) is -0.914. The van der Waals surface area contributed by atoms with E-state index < -0.39 is 5.92 Å². The molecule has 1 aromatic heterocycles. The molecule has 1 saturated heterocycles. The van der Waals surface area contributed by atoms with Crippen molar-refractivity contribution in [1.29, 1.82) is 0 Å². The molecule has 31 heavy (non-hydrogen) atoms. The van der Waals surface area contributed by atoms with Gasteiger partial charge in [0.05, 0.1) is 18.2 Å². The molecule has 3 aromatic rings. The van der Waals surface area contributed by atoms with Crippen LogP contribution < -0.4 is 15.5 Å². The Kier molecular flexibility index (Phi) is 6.03. The van der Waals surface area contributed by atoms with Crippen molar-refractivity contribution in [3.63, 3.8) is 0 Å². The summed E-state index contributed by atoms with van der Waals surface area (Å²) in [6, 6.07) is 21.5. The van der Waals surface area contributed by atoms with E-state index in [-0.39, 0.29) is 24.1 Å². The molecule has 0 radical (unpaired) electrons. The van der Waals surface area contributed by atoms with E-state index in [1.807, 2.05) is 48.5 Å². The van der Waals surface area contributed by atoms with E-state index in [1.165, 1.54) is 0 Å². The fourth-order valence-electron chi connectivity index (χ4n) is 3.47. The molecule has 3 amide bonds. The summed E-state index contributed by atoms with van der Waals surface area (Å²) < 4.78 is 0. The molecule has 2 N–H and O–H groups in total. The largest absolute Gasteiger partial charge is 0.346 e. The number of aromatic nitrogens is 1. The van der Waals surface area contributed by atoms with E-state index in [9.17, 15) is 14.4 Å². The van der Waals surface area contributed by atoms with E-state index in [4.69, 9.17) is 0 Å². The van der Waals surface area contributed by atoms with Crippen LogP contribution in [-0.2, 0) is 16.1 Å². The topological polar surface area (TPSA) is 91.4 Å². The second-order valence-electron chi connectivity index (χ2n) is 7.31. The highest BCUT2D eigenvalue weighted by molar-refractivity contribution is 6.03. The number of para-hydroxylation sites is 1. The van der Waals surface area contributed by atoms with Gasteiger partial charge in [0.1, 0.15) is 0 Å². The summed E-state index contributed by atoms with van der Waals surface area (Å²) in [4.78, 5) is 43.1. The Labute approximate surface area is 180 Å². The lowest BCUT2D eigenvalue weighted by molar-refractivity contribution is -0.122. The third kappa shape index (κ3) is 4.95. The quantitative estimate of drug-likeness (QED) is 0.649. The molecule has 0 bridgehead atoms. The highest BCUT2D eigenvalue weighted by atomic mass is 16.2. The van der Waals surface area contributed by atoms with Gasteiger partial charge in [-0.2, -0.15) is 0 Å². The first kappa shape index (κ1) is 20.3. The fraction of sp³-hybridized carbons (Fsp3) is 0.167. The number of nitrogens with one attached hydrogen (secondary N) is 2. The second kappa shape index (κ2) is 9.21. The molecule has 1 aliphatic heterocycles. The van der Waals surface area contributed by atoms with Crippen LogP contribution in [0.4, 0.5) is 11.4 Å². The summed E-state index contributed by atoms with van der Waals surface area (Å²) in [6.45, 7) is 0.689. The Morgan fingerprint density at radius 3 is 2.42 bits per heavy atom. The summed E-state index contributed by atoms with van der Waals surface area (Å²) in [6.07, 6.45) is 1.85. The summed E-state index contributed by atoms with van der Waals surface area (Å²) >= 11 is 0. The van der Waals surface area contributed by atoms with Crippen molar-refractivity contribution in [2.45, 2.75) is 13.0 Å². The molecule has 0 saturated carbocycles. The molecule has 0 spiro atoms. The van der Waals surface area contributed by atoms with E-state index in [0.29, 0.717) is 24.3 Å². The van der Waals surface area contributed by atoms with Crippen molar-refractivity contribution in [3.05, 3.63) is 90.3 Å². The third-order valence-electron chi connectivity index (χ3n) is 5.13. The minimum absolute atomic E-state index is 0.0636. The van der Waals surface area contributed by atoms with Gasteiger partial charge in [-0.15, -0.1) is 0 Å². The van der Waals surface area contributed by atoms with Crippen LogP contribution in [0.15, 0.2) is 79.0 Å². The number of carbonyl (C=O) groups is 3. The number of nitrogens with zero attached hydrogens (tertiary/aromatic N) is 2. The molecule has 7 nitrogen and oxygen atoms in total. The van der Waals surface area contributed by atoms with Gasteiger partial charge in [0.15, 0.2) is 0 Å². The molecule has 2 heterocycles. The smallest absolute Gasteiger partial charge is 0.251 e. The lowest BCUT2D eigenvalue weighted by Crippen LogP contribution is -2.28. The maximum Gasteiger partial charge on any atom is 0.251 e. The second-order valence-corrected chi connectivity index (χ2v) is 7.31. The van der Waals surface area contributed by atoms with Gasteiger partial charge in [0.25, 0.3) is 5.91 Å². The standard InChI is InChI=1S/C24H22N4O3/c29-22-14-18(16-28(22)21-7-2-1-3-8-21)24(31)27-19-11-9-17(10-12-19)23(30)26-15-20-6-4-5-13-25-20/h1-13,18H,14-16H2,(H,26,30)(H,27,31). The molecule has 156 valence electrons. The first-order valence-electron chi connectivity index (χ1n) is 10.0. The maximum atomic E-state index is 12.6. The minimum Gasteiger partial charge on any atom is -0.346 e. The average molecular weight is 414 g/mol. The number of amides is 3. The Balaban J connectivity index is 1.32. The van der Waals surface area contributed by atoms with Gasteiger partial charge >= 0.3 is 0 Å². The molecular weight excluding hydrogens is 392 g/mol. The normalized spacial score (nSPS) is 15.5. The van der Waals surface area contributed by atoms with Crippen LogP contribution in [0.25, 0.3) is 0 Å². The molecule has 1 aliphatic rings.